The molecular weight excluding hydrogens is 296 g/mol. The molecule has 0 aromatic heterocycles. The highest BCUT2D eigenvalue weighted by atomic mass is 35.5. The van der Waals surface area contributed by atoms with Gasteiger partial charge in [0, 0.05) is 17.3 Å². The maximum atomic E-state index is 12.4. The fraction of sp³-hybridized carbons (Fsp3) is 0.842. The molecule has 2 nitrogen and oxygen atoms in total. The molecule has 0 heterocycles. The summed E-state index contributed by atoms with van der Waals surface area (Å²) in [6.45, 7) is 4.44. The Kier molecular flexibility index (Phi) is 3.18. The number of aliphatic hydroxyl groups is 1. The zero-order valence-electron chi connectivity index (χ0n) is 13.6. The predicted octanol–water partition coefficient (Wildman–Crippen LogP) is 4.10. The number of rotatable bonds is 0. The highest BCUT2D eigenvalue weighted by Crippen LogP contribution is 2.66. The van der Waals surface area contributed by atoms with Gasteiger partial charge in [-0.15, -0.1) is 11.6 Å². The molecule has 3 heteroatoms. The van der Waals surface area contributed by atoms with Crippen molar-refractivity contribution in [2.45, 2.75) is 69.8 Å². The summed E-state index contributed by atoms with van der Waals surface area (Å²) in [5.74, 6) is 1.95. The summed E-state index contributed by atoms with van der Waals surface area (Å²) in [7, 11) is 0. The standard InChI is InChI=1S/C19H27ClO2/c1-17-10-7-14-12(13(17)5-6-16(17)21)11-15(20)19(22)9-4-3-8-18(14,19)2/h3-4,12-15,22H,5-11H2,1-2H3/t12-,13-,14-,15?,17-,18+,19-/m0/s1. The van der Waals surface area contributed by atoms with Crippen LogP contribution in [0.25, 0.3) is 0 Å². The maximum absolute atomic E-state index is 12.4. The van der Waals surface area contributed by atoms with Crippen molar-refractivity contribution in [2.24, 2.45) is 28.6 Å². The van der Waals surface area contributed by atoms with Gasteiger partial charge in [0.25, 0.3) is 0 Å². The SMILES string of the molecule is C[C@]12CC[C@H]3[C@@H](CC(Cl)[C@@]4(O)CC=CC[C@]34C)[C@@H]1CCC2=O. The summed E-state index contributed by atoms with van der Waals surface area (Å²) in [5.41, 5.74) is -1.03. The zero-order valence-corrected chi connectivity index (χ0v) is 14.4. The molecule has 0 radical (unpaired) electrons. The van der Waals surface area contributed by atoms with Crippen molar-refractivity contribution in [3.05, 3.63) is 12.2 Å². The van der Waals surface area contributed by atoms with Crippen LogP contribution in [-0.2, 0) is 4.79 Å². The van der Waals surface area contributed by atoms with Crippen molar-refractivity contribution in [3.63, 3.8) is 0 Å². The number of ketones is 1. The third kappa shape index (κ3) is 1.64. The van der Waals surface area contributed by atoms with Crippen LogP contribution in [0, 0.1) is 28.6 Å². The largest absolute Gasteiger partial charge is 0.387 e. The number of alkyl halides is 1. The number of fused-ring (bicyclic) bond motifs is 5. The van der Waals surface area contributed by atoms with Gasteiger partial charge in [-0.2, -0.15) is 0 Å². The third-order valence-corrected chi connectivity index (χ3v) is 8.63. The van der Waals surface area contributed by atoms with Crippen molar-refractivity contribution in [3.8, 4) is 0 Å². The van der Waals surface area contributed by atoms with Crippen molar-refractivity contribution < 1.29 is 9.90 Å². The fourth-order valence-corrected chi connectivity index (χ4v) is 7.12. The maximum Gasteiger partial charge on any atom is 0.139 e. The Hall–Kier alpha value is -0.340. The van der Waals surface area contributed by atoms with Crippen LogP contribution in [-0.4, -0.2) is 21.9 Å². The summed E-state index contributed by atoms with van der Waals surface area (Å²) >= 11 is 6.74. The van der Waals surface area contributed by atoms with Crippen LogP contribution in [0.2, 0.25) is 0 Å². The van der Waals surface area contributed by atoms with E-state index in [9.17, 15) is 9.90 Å². The van der Waals surface area contributed by atoms with Gasteiger partial charge in [0.15, 0.2) is 0 Å². The highest BCUT2D eigenvalue weighted by Gasteiger charge is 2.65. The van der Waals surface area contributed by atoms with E-state index < -0.39 is 5.60 Å². The Morgan fingerprint density at radius 1 is 1.18 bits per heavy atom. The van der Waals surface area contributed by atoms with E-state index in [0.717, 1.165) is 38.5 Å². The molecule has 122 valence electrons. The van der Waals surface area contributed by atoms with Gasteiger partial charge in [-0.25, -0.2) is 0 Å². The van der Waals surface area contributed by atoms with Gasteiger partial charge in [-0.1, -0.05) is 26.0 Å². The number of allylic oxidation sites excluding steroid dienone is 1. The van der Waals surface area contributed by atoms with Crippen LogP contribution < -0.4 is 0 Å². The molecule has 1 N–H and O–H groups in total. The second kappa shape index (κ2) is 4.60. The number of carbonyl (C=O) groups is 1. The molecule has 0 aromatic rings. The van der Waals surface area contributed by atoms with E-state index >= 15 is 0 Å². The van der Waals surface area contributed by atoms with E-state index in [0.29, 0.717) is 30.0 Å². The number of hydrogen-bond acceptors (Lipinski definition) is 2. The average molecular weight is 323 g/mol. The fourth-order valence-electron chi connectivity index (χ4n) is 6.57. The molecule has 3 fully saturated rings. The minimum atomic E-state index is -0.777. The summed E-state index contributed by atoms with van der Waals surface area (Å²) in [4.78, 5) is 12.4. The van der Waals surface area contributed by atoms with Crippen molar-refractivity contribution in [1.82, 2.24) is 0 Å². The van der Waals surface area contributed by atoms with Crippen molar-refractivity contribution in [1.29, 1.82) is 0 Å². The Morgan fingerprint density at radius 2 is 1.91 bits per heavy atom. The monoisotopic (exact) mass is 322 g/mol. The first-order chi connectivity index (χ1) is 10.3. The molecule has 22 heavy (non-hydrogen) atoms. The Labute approximate surface area is 138 Å². The Bertz CT molecular complexity index is 544. The summed E-state index contributed by atoms with van der Waals surface area (Å²) < 4.78 is 0. The molecule has 1 unspecified atom stereocenters. The second-order valence-corrected chi connectivity index (χ2v) is 9.25. The normalized spacial score (nSPS) is 57.2. The van der Waals surface area contributed by atoms with Crippen LogP contribution in [0.15, 0.2) is 12.2 Å². The van der Waals surface area contributed by atoms with Gasteiger partial charge in [0.2, 0.25) is 0 Å². The van der Waals surface area contributed by atoms with Crippen LogP contribution in [0.5, 0.6) is 0 Å². The molecule has 0 amide bonds. The lowest BCUT2D eigenvalue weighted by atomic mass is 9.44. The van der Waals surface area contributed by atoms with Crippen LogP contribution in [0.1, 0.15) is 58.8 Å². The topological polar surface area (TPSA) is 37.3 Å². The van der Waals surface area contributed by atoms with Gasteiger partial charge < -0.3 is 5.11 Å². The first-order valence-electron chi connectivity index (χ1n) is 8.88. The second-order valence-electron chi connectivity index (χ2n) is 8.72. The van der Waals surface area contributed by atoms with Crippen LogP contribution >= 0.6 is 11.6 Å². The molecular formula is C19H27ClO2. The van der Waals surface area contributed by atoms with E-state index in [2.05, 4.69) is 26.0 Å². The lowest BCUT2D eigenvalue weighted by Crippen LogP contribution is -2.65. The Balaban J connectivity index is 1.75. The van der Waals surface area contributed by atoms with Gasteiger partial charge in [0.05, 0.1) is 11.0 Å². The van der Waals surface area contributed by atoms with Crippen LogP contribution in [0.3, 0.4) is 0 Å². The average Bonchev–Trinajstić information content (AvgIpc) is 2.78. The van der Waals surface area contributed by atoms with Gasteiger partial charge in [-0.3, -0.25) is 4.79 Å². The Morgan fingerprint density at radius 3 is 2.68 bits per heavy atom. The molecule has 4 aliphatic carbocycles. The summed E-state index contributed by atoms with van der Waals surface area (Å²) in [6.07, 6.45) is 10.7. The molecule has 4 rings (SSSR count). The quantitative estimate of drug-likeness (QED) is 0.538. The molecule has 4 aliphatic rings. The molecule has 7 atom stereocenters. The van der Waals surface area contributed by atoms with E-state index in [1.165, 1.54) is 0 Å². The van der Waals surface area contributed by atoms with Crippen molar-refractivity contribution in [2.75, 3.05) is 0 Å². The summed E-state index contributed by atoms with van der Waals surface area (Å²) in [6, 6.07) is 0. The van der Waals surface area contributed by atoms with E-state index in [1.54, 1.807) is 0 Å². The number of Topliss-reactive ketones (excluding diaryl/α,β-unsaturated/α-hetero) is 1. The molecule has 0 bridgehead atoms. The summed E-state index contributed by atoms with van der Waals surface area (Å²) in [5, 5.41) is 11.2. The van der Waals surface area contributed by atoms with Crippen LogP contribution in [0.4, 0.5) is 0 Å². The van der Waals surface area contributed by atoms with Crippen molar-refractivity contribution >= 4 is 17.4 Å². The minimum Gasteiger partial charge on any atom is -0.387 e. The lowest BCUT2D eigenvalue weighted by Gasteiger charge is -2.63. The minimum absolute atomic E-state index is 0.117. The smallest absolute Gasteiger partial charge is 0.139 e. The van der Waals surface area contributed by atoms with E-state index in [-0.39, 0.29) is 16.2 Å². The first kappa shape index (κ1) is 15.2. The number of halogens is 1. The van der Waals surface area contributed by atoms with Gasteiger partial charge >= 0.3 is 0 Å². The highest BCUT2D eigenvalue weighted by molar-refractivity contribution is 6.21. The third-order valence-electron chi connectivity index (χ3n) is 8.09. The lowest BCUT2D eigenvalue weighted by molar-refractivity contribution is -0.182. The number of carbonyl (C=O) groups excluding carboxylic acids is 1. The number of hydrogen-bond donors (Lipinski definition) is 1. The molecule has 0 spiro atoms. The van der Waals surface area contributed by atoms with E-state index in [4.69, 9.17) is 11.6 Å². The first-order valence-corrected chi connectivity index (χ1v) is 9.31. The van der Waals surface area contributed by atoms with E-state index in [1.807, 2.05) is 0 Å². The molecule has 0 saturated heterocycles. The predicted molar refractivity (Wildman–Crippen MR) is 87.7 cm³/mol. The van der Waals surface area contributed by atoms with Gasteiger partial charge in [-0.05, 0) is 56.3 Å². The molecule has 0 aromatic carbocycles. The van der Waals surface area contributed by atoms with Gasteiger partial charge in [0.1, 0.15) is 5.78 Å². The molecule has 3 saturated carbocycles. The zero-order chi connectivity index (χ0) is 15.8. The molecule has 0 aliphatic heterocycles.